The van der Waals surface area contributed by atoms with E-state index >= 15 is 0 Å². The summed E-state index contributed by atoms with van der Waals surface area (Å²) in [6.07, 6.45) is 5.49. The van der Waals surface area contributed by atoms with E-state index in [0.717, 1.165) is 61.2 Å². The van der Waals surface area contributed by atoms with Gasteiger partial charge in [0.25, 0.3) is 0 Å². The molecule has 3 rings (SSSR count). The molecule has 112 valence electrons. The molecular weight excluding hydrogens is 262 g/mol. The number of nitrogens with zero attached hydrogens (tertiary/aromatic N) is 2. The molecule has 2 heterocycles. The zero-order chi connectivity index (χ0) is 14.7. The predicted molar refractivity (Wildman–Crippen MR) is 87.6 cm³/mol. The first-order valence-corrected chi connectivity index (χ1v) is 7.79. The maximum atomic E-state index is 6.37. The number of ether oxygens (including phenoxy) is 1. The molecule has 2 aromatic rings. The molecule has 4 nitrogen and oxygen atoms in total. The van der Waals surface area contributed by atoms with Crippen LogP contribution in [-0.4, -0.2) is 30.8 Å². The largest absolute Gasteiger partial charge is 0.396 e. The summed E-state index contributed by atoms with van der Waals surface area (Å²) in [6.45, 7) is 4.96. The van der Waals surface area contributed by atoms with Gasteiger partial charge in [-0.2, -0.15) is 0 Å². The third-order valence-corrected chi connectivity index (χ3v) is 4.08. The average molecular weight is 285 g/mol. The van der Waals surface area contributed by atoms with Crippen molar-refractivity contribution in [2.24, 2.45) is 0 Å². The lowest BCUT2D eigenvalue weighted by molar-refractivity contribution is 0.0441. The average Bonchev–Trinajstić information content (AvgIpc) is 2.54. The van der Waals surface area contributed by atoms with Crippen molar-refractivity contribution in [1.29, 1.82) is 0 Å². The molecule has 2 N–H and O–H groups in total. The number of anilines is 2. The quantitative estimate of drug-likeness (QED) is 0.876. The number of fused-ring (bicyclic) bond motifs is 1. The highest BCUT2D eigenvalue weighted by Gasteiger charge is 2.22. The first-order valence-electron chi connectivity index (χ1n) is 7.79. The highest BCUT2D eigenvalue weighted by molar-refractivity contribution is 5.97. The van der Waals surface area contributed by atoms with Crippen LogP contribution in [-0.2, 0) is 4.74 Å². The zero-order valence-corrected chi connectivity index (χ0v) is 12.6. The van der Waals surface area contributed by atoms with E-state index in [0.29, 0.717) is 6.10 Å². The van der Waals surface area contributed by atoms with Gasteiger partial charge in [0, 0.05) is 31.3 Å². The summed E-state index contributed by atoms with van der Waals surface area (Å²) in [5, 5.41) is 1.03. The summed E-state index contributed by atoms with van der Waals surface area (Å²) in [4.78, 5) is 6.71. The summed E-state index contributed by atoms with van der Waals surface area (Å²) >= 11 is 0. The molecular formula is C17H23N3O. The van der Waals surface area contributed by atoms with Gasteiger partial charge in [0.2, 0.25) is 0 Å². The zero-order valence-electron chi connectivity index (χ0n) is 12.6. The summed E-state index contributed by atoms with van der Waals surface area (Å²) in [5.41, 5.74) is 9.27. The Morgan fingerprint density at radius 2 is 2.29 bits per heavy atom. The van der Waals surface area contributed by atoms with Crippen molar-refractivity contribution in [3.05, 3.63) is 30.5 Å². The van der Waals surface area contributed by atoms with E-state index in [-0.39, 0.29) is 0 Å². The molecule has 0 amide bonds. The SMILES string of the molecule is CCCOC1CCCN(c2ccc3ncccc3c2N)C1. The topological polar surface area (TPSA) is 51.4 Å². The van der Waals surface area contributed by atoms with E-state index < -0.39 is 0 Å². The number of piperidine rings is 1. The molecule has 0 bridgehead atoms. The van der Waals surface area contributed by atoms with Gasteiger partial charge in [-0.05, 0) is 43.5 Å². The number of nitrogen functional groups attached to an aromatic ring is 1. The van der Waals surface area contributed by atoms with E-state index in [1.807, 2.05) is 12.1 Å². The first kappa shape index (κ1) is 14.1. The van der Waals surface area contributed by atoms with Gasteiger partial charge in [-0.3, -0.25) is 4.98 Å². The fraction of sp³-hybridized carbons (Fsp3) is 0.471. The Balaban J connectivity index is 1.84. The maximum Gasteiger partial charge on any atom is 0.0750 e. The Hall–Kier alpha value is -1.81. The molecule has 0 saturated carbocycles. The Bertz CT molecular complexity index is 614. The number of aromatic nitrogens is 1. The highest BCUT2D eigenvalue weighted by Crippen LogP contribution is 2.32. The smallest absolute Gasteiger partial charge is 0.0750 e. The van der Waals surface area contributed by atoms with Crippen LogP contribution in [0.25, 0.3) is 10.9 Å². The Morgan fingerprint density at radius 3 is 3.14 bits per heavy atom. The molecule has 0 radical (unpaired) electrons. The Kier molecular flexibility index (Phi) is 4.25. The van der Waals surface area contributed by atoms with Crippen molar-refractivity contribution in [2.45, 2.75) is 32.3 Å². The van der Waals surface area contributed by atoms with Crippen molar-refractivity contribution in [3.63, 3.8) is 0 Å². The normalized spacial score (nSPS) is 19.1. The molecule has 1 aliphatic rings. The fourth-order valence-electron chi connectivity index (χ4n) is 3.02. The van der Waals surface area contributed by atoms with Crippen molar-refractivity contribution in [1.82, 2.24) is 4.98 Å². The van der Waals surface area contributed by atoms with Gasteiger partial charge in [-0.1, -0.05) is 6.92 Å². The number of hydrogen-bond acceptors (Lipinski definition) is 4. The van der Waals surface area contributed by atoms with Crippen molar-refractivity contribution >= 4 is 22.3 Å². The van der Waals surface area contributed by atoms with Crippen LogP contribution in [0, 0.1) is 0 Å². The van der Waals surface area contributed by atoms with E-state index in [2.05, 4.69) is 28.9 Å². The van der Waals surface area contributed by atoms with Crippen LogP contribution in [0.4, 0.5) is 11.4 Å². The van der Waals surface area contributed by atoms with Gasteiger partial charge in [0.15, 0.2) is 0 Å². The second-order valence-corrected chi connectivity index (χ2v) is 5.65. The van der Waals surface area contributed by atoms with Crippen LogP contribution in [0.1, 0.15) is 26.2 Å². The van der Waals surface area contributed by atoms with Crippen molar-refractivity contribution < 1.29 is 4.74 Å². The molecule has 1 aliphatic heterocycles. The molecule has 1 unspecified atom stereocenters. The molecule has 1 aromatic carbocycles. The van der Waals surface area contributed by atoms with Crippen molar-refractivity contribution in [3.8, 4) is 0 Å². The minimum atomic E-state index is 0.322. The molecule has 1 saturated heterocycles. The van der Waals surface area contributed by atoms with Gasteiger partial charge >= 0.3 is 0 Å². The summed E-state index contributed by atoms with van der Waals surface area (Å²) in [7, 11) is 0. The minimum Gasteiger partial charge on any atom is -0.396 e. The summed E-state index contributed by atoms with van der Waals surface area (Å²) < 4.78 is 5.92. The monoisotopic (exact) mass is 285 g/mol. The molecule has 1 atom stereocenters. The van der Waals surface area contributed by atoms with Gasteiger partial charge in [0.1, 0.15) is 0 Å². The third-order valence-electron chi connectivity index (χ3n) is 4.08. The minimum absolute atomic E-state index is 0.322. The second-order valence-electron chi connectivity index (χ2n) is 5.65. The van der Waals surface area contributed by atoms with Gasteiger partial charge < -0.3 is 15.4 Å². The molecule has 21 heavy (non-hydrogen) atoms. The van der Waals surface area contributed by atoms with Gasteiger partial charge in [-0.25, -0.2) is 0 Å². The summed E-state index contributed by atoms with van der Waals surface area (Å²) in [5.74, 6) is 0. The van der Waals surface area contributed by atoms with Crippen LogP contribution in [0.3, 0.4) is 0 Å². The van der Waals surface area contributed by atoms with E-state index in [4.69, 9.17) is 10.5 Å². The van der Waals surface area contributed by atoms with E-state index in [1.54, 1.807) is 6.20 Å². The predicted octanol–water partition coefficient (Wildman–Crippen LogP) is 3.21. The van der Waals surface area contributed by atoms with Crippen LogP contribution < -0.4 is 10.6 Å². The Morgan fingerprint density at radius 1 is 1.38 bits per heavy atom. The van der Waals surface area contributed by atoms with Gasteiger partial charge in [0.05, 0.1) is 23.0 Å². The third kappa shape index (κ3) is 2.95. The number of nitrogens with two attached hydrogens (primary N) is 1. The van der Waals surface area contributed by atoms with E-state index in [9.17, 15) is 0 Å². The second kappa shape index (κ2) is 6.31. The molecule has 0 spiro atoms. The van der Waals surface area contributed by atoms with Crippen molar-refractivity contribution in [2.75, 3.05) is 30.3 Å². The van der Waals surface area contributed by atoms with Crippen LogP contribution >= 0.6 is 0 Å². The first-order chi connectivity index (χ1) is 10.3. The molecule has 4 heteroatoms. The van der Waals surface area contributed by atoms with Crippen LogP contribution in [0.5, 0.6) is 0 Å². The standard InChI is InChI=1S/C17H23N3O/c1-2-11-21-13-5-4-10-20(12-13)16-8-7-15-14(17(16)18)6-3-9-19-15/h3,6-9,13H,2,4-5,10-12,18H2,1H3. The maximum absolute atomic E-state index is 6.37. The van der Waals surface area contributed by atoms with Crippen LogP contribution in [0.15, 0.2) is 30.5 Å². The van der Waals surface area contributed by atoms with Crippen LogP contribution in [0.2, 0.25) is 0 Å². The number of hydrogen-bond donors (Lipinski definition) is 1. The number of rotatable bonds is 4. The van der Waals surface area contributed by atoms with E-state index in [1.165, 1.54) is 0 Å². The highest BCUT2D eigenvalue weighted by atomic mass is 16.5. The van der Waals surface area contributed by atoms with Gasteiger partial charge in [-0.15, -0.1) is 0 Å². The molecule has 0 aliphatic carbocycles. The number of benzene rings is 1. The molecule has 1 fully saturated rings. The lowest BCUT2D eigenvalue weighted by atomic mass is 10.1. The lowest BCUT2D eigenvalue weighted by Gasteiger charge is -2.35. The molecule has 1 aromatic heterocycles. The Labute approximate surface area is 125 Å². The fourth-order valence-corrected chi connectivity index (χ4v) is 3.02. The summed E-state index contributed by atoms with van der Waals surface area (Å²) in [6, 6.07) is 8.12. The lowest BCUT2D eigenvalue weighted by Crippen LogP contribution is -2.40. The number of pyridine rings is 1.